The molecule has 0 aliphatic rings. The van der Waals surface area contributed by atoms with Gasteiger partial charge in [-0.3, -0.25) is 0 Å². The Morgan fingerprint density at radius 2 is 0.818 bits per heavy atom. The Kier molecular flexibility index (Phi) is 4.74. The molecule has 0 heterocycles. The third kappa shape index (κ3) is 3.47. The van der Waals surface area contributed by atoms with Crippen LogP contribution in [0.5, 0.6) is 0 Å². The number of benzene rings is 3. The fraction of sp³-hybridized carbons (Fsp3) is 0.143. The Morgan fingerprint density at radius 1 is 0.500 bits per heavy atom. The number of rotatable bonds is 3. The Labute approximate surface area is 141 Å². The molecule has 110 valence electrons. The van der Waals surface area contributed by atoms with E-state index in [1.807, 2.05) is 0 Å². The molecule has 3 aromatic carbocycles. The van der Waals surface area contributed by atoms with E-state index in [-0.39, 0.29) is 0 Å². The van der Waals surface area contributed by atoms with Gasteiger partial charge >= 0.3 is 142 Å². The van der Waals surface area contributed by atoms with E-state index in [1.165, 1.54) is 16.7 Å². The summed E-state index contributed by atoms with van der Waals surface area (Å²) in [6.45, 7) is 6.58. The van der Waals surface area contributed by atoms with Crippen molar-refractivity contribution in [3.05, 3.63) is 89.5 Å². The SMILES string of the molecule is Cc1ccc[c]([Bi]([c]2cccc(C)c2)[c]2cccc(C)c2)c1. The van der Waals surface area contributed by atoms with Gasteiger partial charge in [0.15, 0.2) is 0 Å². The van der Waals surface area contributed by atoms with Crippen LogP contribution in [0.1, 0.15) is 16.7 Å². The van der Waals surface area contributed by atoms with Crippen LogP contribution in [-0.2, 0) is 0 Å². The summed E-state index contributed by atoms with van der Waals surface area (Å²) in [6, 6.07) is 27.4. The van der Waals surface area contributed by atoms with Crippen molar-refractivity contribution in [3.63, 3.8) is 0 Å². The number of hydrogen-bond donors (Lipinski definition) is 0. The monoisotopic (exact) mass is 482 g/mol. The van der Waals surface area contributed by atoms with E-state index >= 15 is 0 Å². The van der Waals surface area contributed by atoms with Gasteiger partial charge in [-0.05, 0) is 0 Å². The van der Waals surface area contributed by atoms with Crippen molar-refractivity contribution >= 4 is 31.6 Å². The van der Waals surface area contributed by atoms with E-state index in [1.54, 1.807) is 9.81 Å². The van der Waals surface area contributed by atoms with E-state index < -0.39 is 21.8 Å². The molecule has 0 bridgehead atoms. The summed E-state index contributed by atoms with van der Waals surface area (Å²) >= 11 is -2.18. The van der Waals surface area contributed by atoms with E-state index in [0.717, 1.165) is 0 Å². The molecule has 0 saturated carbocycles. The zero-order chi connectivity index (χ0) is 15.5. The molecule has 1 heteroatoms. The third-order valence-electron chi connectivity index (χ3n) is 3.78. The second kappa shape index (κ2) is 6.75. The maximum atomic E-state index is 2.39. The van der Waals surface area contributed by atoms with Gasteiger partial charge in [-0.2, -0.15) is 0 Å². The molecule has 0 unspecified atom stereocenters. The van der Waals surface area contributed by atoms with Gasteiger partial charge in [0.1, 0.15) is 0 Å². The summed E-state index contributed by atoms with van der Waals surface area (Å²) in [5, 5.41) is 0. The summed E-state index contributed by atoms with van der Waals surface area (Å²) in [4.78, 5) is 0. The first-order valence-electron chi connectivity index (χ1n) is 7.63. The van der Waals surface area contributed by atoms with Crippen LogP contribution in [0.15, 0.2) is 72.8 Å². The van der Waals surface area contributed by atoms with Crippen molar-refractivity contribution in [1.82, 2.24) is 0 Å². The molecule has 0 saturated heterocycles. The molecule has 0 N–H and O–H groups in total. The normalized spacial score (nSPS) is 10.9. The second-order valence-electron chi connectivity index (χ2n) is 5.85. The Morgan fingerprint density at radius 3 is 1.09 bits per heavy atom. The molecule has 0 radical (unpaired) electrons. The average Bonchev–Trinajstić information content (AvgIpc) is 2.48. The molecule has 0 amide bonds. The van der Waals surface area contributed by atoms with Crippen molar-refractivity contribution < 1.29 is 0 Å². The van der Waals surface area contributed by atoms with Gasteiger partial charge < -0.3 is 0 Å². The van der Waals surface area contributed by atoms with E-state index in [9.17, 15) is 0 Å². The van der Waals surface area contributed by atoms with Crippen molar-refractivity contribution in [3.8, 4) is 0 Å². The van der Waals surface area contributed by atoms with Gasteiger partial charge in [-0.25, -0.2) is 0 Å². The fourth-order valence-corrected chi connectivity index (χ4v) is 12.8. The fourth-order valence-electron chi connectivity index (χ4n) is 2.75. The summed E-state index contributed by atoms with van der Waals surface area (Å²) in [7, 11) is 0. The van der Waals surface area contributed by atoms with E-state index in [4.69, 9.17) is 0 Å². The van der Waals surface area contributed by atoms with Crippen LogP contribution >= 0.6 is 0 Å². The van der Waals surface area contributed by atoms with Crippen LogP contribution in [0.25, 0.3) is 0 Å². The van der Waals surface area contributed by atoms with Crippen molar-refractivity contribution in [2.45, 2.75) is 20.8 Å². The summed E-state index contributed by atoms with van der Waals surface area (Å²) in [5.74, 6) is 0. The molecule has 0 fully saturated rings. The van der Waals surface area contributed by atoms with Gasteiger partial charge in [0.05, 0.1) is 0 Å². The quantitative estimate of drug-likeness (QED) is 0.504. The summed E-state index contributed by atoms with van der Waals surface area (Å²) in [5.41, 5.74) is 4.08. The van der Waals surface area contributed by atoms with E-state index in [0.29, 0.717) is 0 Å². The summed E-state index contributed by atoms with van der Waals surface area (Å²) in [6.07, 6.45) is 0. The average molecular weight is 482 g/mol. The predicted octanol–water partition coefficient (Wildman–Crippen LogP) is 3.13. The molecule has 0 nitrogen and oxygen atoms in total. The first kappa shape index (κ1) is 15.4. The minimum atomic E-state index is -2.18. The van der Waals surface area contributed by atoms with Gasteiger partial charge in [0.2, 0.25) is 0 Å². The van der Waals surface area contributed by atoms with Crippen LogP contribution in [0.3, 0.4) is 0 Å². The molecule has 0 atom stereocenters. The topological polar surface area (TPSA) is 0 Å². The Balaban J connectivity index is 2.18. The van der Waals surface area contributed by atoms with Crippen molar-refractivity contribution in [1.29, 1.82) is 0 Å². The number of hydrogen-bond acceptors (Lipinski definition) is 0. The van der Waals surface area contributed by atoms with Gasteiger partial charge in [-0.15, -0.1) is 0 Å². The molecule has 0 aliphatic heterocycles. The number of aryl methyl sites for hydroxylation is 3. The maximum absolute atomic E-state index is 2.39. The van der Waals surface area contributed by atoms with Crippen LogP contribution in [0.4, 0.5) is 0 Å². The second-order valence-corrected chi connectivity index (χ2v) is 14.5. The molecule has 22 heavy (non-hydrogen) atoms. The van der Waals surface area contributed by atoms with Crippen LogP contribution < -0.4 is 9.81 Å². The summed E-state index contributed by atoms with van der Waals surface area (Å²) < 4.78 is 4.68. The molecular formula is C21H21Bi. The molecular weight excluding hydrogens is 461 g/mol. The van der Waals surface area contributed by atoms with Crippen molar-refractivity contribution in [2.75, 3.05) is 0 Å². The molecule has 0 aliphatic carbocycles. The van der Waals surface area contributed by atoms with Crippen LogP contribution in [-0.4, -0.2) is 21.8 Å². The first-order valence-corrected chi connectivity index (χ1v) is 12.9. The first-order chi connectivity index (χ1) is 10.6. The third-order valence-corrected chi connectivity index (χ3v) is 13.0. The van der Waals surface area contributed by atoms with Gasteiger partial charge in [0, 0.05) is 0 Å². The van der Waals surface area contributed by atoms with Crippen LogP contribution in [0.2, 0.25) is 0 Å². The molecule has 0 spiro atoms. The van der Waals surface area contributed by atoms with Crippen molar-refractivity contribution in [2.24, 2.45) is 0 Å². The zero-order valence-electron chi connectivity index (χ0n) is 13.4. The molecule has 3 aromatic rings. The Hall–Kier alpha value is -1.46. The van der Waals surface area contributed by atoms with Crippen LogP contribution in [0, 0.1) is 20.8 Å². The van der Waals surface area contributed by atoms with Gasteiger partial charge in [-0.1, -0.05) is 0 Å². The predicted molar refractivity (Wildman–Crippen MR) is 98.2 cm³/mol. The van der Waals surface area contributed by atoms with Gasteiger partial charge in [0.25, 0.3) is 0 Å². The zero-order valence-corrected chi connectivity index (χ0v) is 16.9. The minimum absolute atomic E-state index is 1.36. The standard InChI is InChI=1S/3C7H7.Bi/c3*1-7-5-3-2-4-6-7;/h3*2-3,5-6H,1H3;. The van der Waals surface area contributed by atoms with E-state index in [2.05, 4.69) is 93.6 Å². The Bertz CT molecular complexity index is 681. The molecule has 0 aromatic heterocycles. The molecule has 3 rings (SSSR count).